The number of nitrogens with one attached hydrogen (secondary N) is 1. The topological polar surface area (TPSA) is 19.0 Å². The fraction of sp³-hybridized carbons (Fsp3) is 0.200. The molecule has 0 spiro atoms. The van der Waals surface area contributed by atoms with Gasteiger partial charge in [0.15, 0.2) is 0 Å². The number of fused-ring (bicyclic) bond motifs is 1. The van der Waals surface area contributed by atoms with E-state index in [0.717, 1.165) is 21.6 Å². The molecule has 0 aliphatic carbocycles. The summed E-state index contributed by atoms with van der Waals surface area (Å²) in [6.45, 7) is 0. The number of H-pyrrole nitrogens is 1. The lowest BCUT2D eigenvalue weighted by molar-refractivity contribution is 1.13. The van der Waals surface area contributed by atoms with Gasteiger partial charge in [-0.25, -0.2) is 0 Å². The zero-order chi connectivity index (χ0) is 9.42. The van der Waals surface area contributed by atoms with E-state index in [-0.39, 0.29) is 0 Å². The zero-order valence-corrected chi connectivity index (χ0v) is 8.31. The minimum Gasteiger partial charge on any atom is -0.376 e. The van der Waals surface area contributed by atoms with Crippen LogP contribution in [0.25, 0.3) is 10.9 Å². The number of benzene rings is 1. The van der Waals surface area contributed by atoms with Gasteiger partial charge in [-0.2, -0.15) is 0 Å². The van der Waals surface area contributed by atoms with E-state index in [9.17, 15) is 0 Å². The van der Waals surface area contributed by atoms with Crippen LogP contribution in [0.4, 0.5) is 5.69 Å². The molecule has 0 aliphatic heterocycles. The Morgan fingerprint density at radius 2 is 2.15 bits per heavy atom. The van der Waals surface area contributed by atoms with Crippen LogP contribution in [0.2, 0.25) is 5.02 Å². The number of aromatic nitrogens is 1. The summed E-state index contributed by atoms with van der Waals surface area (Å²) in [6.07, 6.45) is 1.79. The maximum Gasteiger partial charge on any atom is 0.0660 e. The average molecular weight is 194 g/mol. The summed E-state index contributed by atoms with van der Waals surface area (Å²) in [5.74, 6) is 0. The Labute approximate surface area is 82.1 Å². The predicted octanol–water partition coefficient (Wildman–Crippen LogP) is 2.69. The molecule has 1 N–H and O–H groups in total. The summed E-state index contributed by atoms with van der Waals surface area (Å²) in [7, 11) is 3.94. The van der Waals surface area contributed by atoms with Crippen molar-refractivity contribution in [2.75, 3.05) is 19.0 Å². The second kappa shape index (κ2) is 2.96. The van der Waals surface area contributed by atoms with Crippen LogP contribution in [0.5, 0.6) is 0 Å². The van der Waals surface area contributed by atoms with Gasteiger partial charge in [-0.3, -0.25) is 0 Å². The predicted molar refractivity (Wildman–Crippen MR) is 56.5 cm³/mol. The van der Waals surface area contributed by atoms with Gasteiger partial charge in [-0.05, 0) is 12.1 Å². The van der Waals surface area contributed by atoms with Gasteiger partial charge in [0, 0.05) is 37.3 Å². The quantitative estimate of drug-likeness (QED) is 0.738. The van der Waals surface area contributed by atoms with E-state index in [1.807, 2.05) is 31.1 Å². The van der Waals surface area contributed by atoms with Crippen LogP contribution in [0, 0.1) is 6.07 Å². The van der Waals surface area contributed by atoms with Crippen LogP contribution in [0.15, 0.2) is 18.3 Å². The maximum atomic E-state index is 6.08. The number of halogens is 1. The molecule has 0 saturated carbocycles. The second-order valence-electron chi connectivity index (χ2n) is 3.18. The van der Waals surface area contributed by atoms with Gasteiger partial charge < -0.3 is 9.88 Å². The molecule has 0 saturated heterocycles. The summed E-state index contributed by atoms with van der Waals surface area (Å²) in [5, 5.41) is 1.82. The van der Waals surface area contributed by atoms with Crippen molar-refractivity contribution in [1.82, 2.24) is 4.98 Å². The summed E-state index contributed by atoms with van der Waals surface area (Å²) in [4.78, 5) is 5.06. The normalized spacial score (nSPS) is 10.7. The van der Waals surface area contributed by atoms with Crippen LogP contribution >= 0.6 is 11.6 Å². The number of anilines is 1. The van der Waals surface area contributed by atoms with Gasteiger partial charge in [0.25, 0.3) is 0 Å². The summed E-state index contributed by atoms with van der Waals surface area (Å²) >= 11 is 6.08. The molecule has 0 unspecified atom stereocenters. The van der Waals surface area contributed by atoms with Gasteiger partial charge in [0.2, 0.25) is 0 Å². The van der Waals surface area contributed by atoms with Crippen molar-refractivity contribution in [1.29, 1.82) is 0 Å². The van der Waals surface area contributed by atoms with E-state index < -0.39 is 0 Å². The second-order valence-corrected chi connectivity index (χ2v) is 3.58. The van der Waals surface area contributed by atoms with Crippen molar-refractivity contribution in [2.45, 2.75) is 0 Å². The molecule has 1 aromatic heterocycles. The number of aromatic amines is 1. The molecule has 13 heavy (non-hydrogen) atoms. The first-order chi connectivity index (χ1) is 6.18. The lowest BCUT2D eigenvalue weighted by Crippen LogP contribution is -2.08. The maximum absolute atomic E-state index is 6.08. The van der Waals surface area contributed by atoms with E-state index in [0.29, 0.717) is 0 Å². The summed E-state index contributed by atoms with van der Waals surface area (Å²) in [6, 6.07) is 7.04. The highest BCUT2D eigenvalue weighted by Gasteiger charge is 2.04. The standard InChI is InChI=1S/C10H10ClN2/c1-13(2)10-5-7-3-4-12-9(7)6-8(10)11/h4-6,12H,1-2H3. The molecular weight excluding hydrogens is 184 g/mol. The molecule has 0 aliphatic rings. The Morgan fingerprint density at radius 3 is 2.85 bits per heavy atom. The minimum atomic E-state index is 0.758. The van der Waals surface area contributed by atoms with E-state index in [1.165, 1.54) is 0 Å². The van der Waals surface area contributed by atoms with Crippen LogP contribution in [0.1, 0.15) is 0 Å². The highest BCUT2D eigenvalue weighted by Crippen LogP contribution is 2.28. The van der Waals surface area contributed by atoms with Gasteiger partial charge in [0.1, 0.15) is 0 Å². The Hall–Kier alpha value is -1.15. The number of nitrogens with zero attached hydrogens (tertiary/aromatic N) is 1. The lowest BCUT2D eigenvalue weighted by atomic mass is 10.2. The molecule has 3 heteroatoms. The molecule has 67 valence electrons. The van der Waals surface area contributed by atoms with Crippen molar-refractivity contribution in [2.24, 2.45) is 0 Å². The summed E-state index contributed by atoms with van der Waals surface area (Å²) in [5.41, 5.74) is 2.04. The van der Waals surface area contributed by atoms with Crippen molar-refractivity contribution in [3.05, 3.63) is 29.4 Å². The molecule has 2 rings (SSSR count). The molecule has 0 amide bonds. The van der Waals surface area contributed by atoms with E-state index in [4.69, 9.17) is 11.6 Å². The van der Waals surface area contributed by atoms with Gasteiger partial charge >= 0.3 is 0 Å². The third-order valence-electron chi connectivity index (χ3n) is 2.02. The fourth-order valence-corrected chi connectivity index (χ4v) is 1.67. The largest absolute Gasteiger partial charge is 0.376 e. The third kappa shape index (κ3) is 1.38. The van der Waals surface area contributed by atoms with Gasteiger partial charge in [-0.1, -0.05) is 11.6 Å². The molecule has 1 heterocycles. The Morgan fingerprint density at radius 1 is 1.38 bits per heavy atom. The van der Waals surface area contributed by atoms with E-state index >= 15 is 0 Å². The van der Waals surface area contributed by atoms with Crippen LogP contribution in [-0.2, 0) is 0 Å². The molecule has 1 radical (unpaired) electrons. The summed E-state index contributed by atoms with van der Waals surface area (Å²) < 4.78 is 0. The Kier molecular flexibility index (Phi) is 1.93. The number of rotatable bonds is 1. The van der Waals surface area contributed by atoms with Gasteiger partial charge in [0.05, 0.1) is 10.7 Å². The minimum absolute atomic E-state index is 0.758. The molecule has 0 bridgehead atoms. The molecular formula is C10H10ClN2. The molecule has 2 aromatic rings. The lowest BCUT2D eigenvalue weighted by Gasteiger charge is -2.14. The molecule has 0 atom stereocenters. The van der Waals surface area contributed by atoms with Gasteiger partial charge in [-0.15, -0.1) is 0 Å². The highest BCUT2D eigenvalue weighted by atomic mass is 35.5. The Balaban J connectivity index is 2.69. The van der Waals surface area contributed by atoms with Crippen LogP contribution in [-0.4, -0.2) is 19.1 Å². The molecule has 1 aromatic carbocycles. The van der Waals surface area contributed by atoms with Crippen molar-refractivity contribution in [3.63, 3.8) is 0 Å². The first kappa shape index (κ1) is 8.45. The SMILES string of the molecule is CN(C)c1cc2[c]c[nH]c2cc1Cl. The average Bonchev–Trinajstić information content (AvgIpc) is 2.48. The molecule has 0 fully saturated rings. The van der Waals surface area contributed by atoms with E-state index in [1.54, 1.807) is 6.20 Å². The van der Waals surface area contributed by atoms with Crippen molar-refractivity contribution >= 4 is 28.2 Å². The van der Waals surface area contributed by atoms with Crippen molar-refractivity contribution < 1.29 is 0 Å². The van der Waals surface area contributed by atoms with Crippen LogP contribution < -0.4 is 4.90 Å². The fourth-order valence-electron chi connectivity index (χ4n) is 1.33. The highest BCUT2D eigenvalue weighted by molar-refractivity contribution is 6.34. The first-order valence-electron chi connectivity index (χ1n) is 4.04. The number of hydrogen-bond acceptors (Lipinski definition) is 1. The number of hydrogen-bond donors (Lipinski definition) is 1. The zero-order valence-electron chi connectivity index (χ0n) is 7.56. The third-order valence-corrected chi connectivity index (χ3v) is 2.33. The smallest absolute Gasteiger partial charge is 0.0660 e. The first-order valence-corrected chi connectivity index (χ1v) is 4.42. The monoisotopic (exact) mass is 193 g/mol. The molecule has 2 nitrogen and oxygen atoms in total. The van der Waals surface area contributed by atoms with E-state index in [2.05, 4.69) is 11.1 Å². The van der Waals surface area contributed by atoms with Crippen LogP contribution in [0.3, 0.4) is 0 Å². The van der Waals surface area contributed by atoms with Crippen molar-refractivity contribution in [3.8, 4) is 0 Å². The Bertz CT molecular complexity index is 431.